The Kier molecular flexibility index (Phi) is 4.12. The number of furan rings is 1. The molecule has 0 atom stereocenters. The first-order valence-corrected chi connectivity index (χ1v) is 5.94. The van der Waals surface area contributed by atoms with Gasteiger partial charge in [0.15, 0.2) is 0 Å². The number of esters is 1. The van der Waals surface area contributed by atoms with E-state index in [0.29, 0.717) is 19.4 Å². The molecule has 0 amide bonds. The highest BCUT2D eigenvalue weighted by Crippen LogP contribution is 2.21. The summed E-state index contributed by atoms with van der Waals surface area (Å²) in [5.74, 6) is 1.35. The van der Waals surface area contributed by atoms with Crippen molar-refractivity contribution in [3.05, 3.63) is 42.4 Å². The Balaban J connectivity index is 1.97. The topological polar surface area (TPSA) is 52.3 Å². The molecule has 2 heterocycles. The van der Waals surface area contributed by atoms with Gasteiger partial charge in [-0.05, 0) is 31.2 Å². The Labute approximate surface area is 106 Å². The van der Waals surface area contributed by atoms with Crippen LogP contribution in [0.2, 0.25) is 0 Å². The van der Waals surface area contributed by atoms with Gasteiger partial charge in [-0.3, -0.25) is 9.78 Å². The average Bonchev–Trinajstić information content (AvgIpc) is 2.87. The second kappa shape index (κ2) is 6.00. The van der Waals surface area contributed by atoms with Gasteiger partial charge in [-0.15, -0.1) is 0 Å². The van der Waals surface area contributed by atoms with E-state index in [-0.39, 0.29) is 5.97 Å². The van der Waals surface area contributed by atoms with E-state index in [0.717, 1.165) is 17.1 Å². The summed E-state index contributed by atoms with van der Waals surface area (Å²) in [6.07, 6.45) is 4.36. The van der Waals surface area contributed by atoms with Crippen LogP contribution in [-0.4, -0.2) is 17.6 Å². The van der Waals surface area contributed by atoms with E-state index in [1.807, 2.05) is 24.3 Å². The van der Waals surface area contributed by atoms with Gasteiger partial charge in [0.1, 0.15) is 11.5 Å². The summed E-state index contributed by atoms with van der Waals surface area (Å²) in [7, 11) is 0. The van der Waals surface area contributed by atoms with Crippen molar-refractivity contribution in [2.24, 2.45) is 0 Å². The molecule has 0 radical (unpaired) electrons. The molecule has 2 aromatic rings. The highest BCUT2D eigenvalue weighted by atomic mass is 16.5. The summed E-state index contributed by atoms with van der Waals surface area (Å²) in [5, 5.41) is 0. The number of nitrogens with zero attached hydrogens (tertiary/aromatic N) is 1. The molecule has 0 saturated heterocycles. The van der Waals surface area contributed by atoms with Gasteiger partial charge in [0.2, 0.25) is 0 Å². The lowest BCUT2D eigenvalue weighted by Crippen LogP contribution is -2.04. The Morgan fingerprint density at radius 1 is 1.39 bits per heavy atom. The zero-order valence-corrected chi connectivity index (χ0v) is 10.3. The molecule has 0 aliphatic heterocycles. The molecule has 0 saturated carbocycles. The fourth-order valence-electron chi connectivity index (χ4n) is 1.63. The van der Waals surface area contributed by atoms with Crippen molar-refractivity contribution in [1.82, 2.24) is 4.98 Å². The quantitative estimate of drug-likeness (QED) is 0.760. The molecule has 0 aromatic carbocycles. The summed E-state index contributed by atoms with van der Waals surface area (Å²) < 4.78 is 10.5. The molecule has 4 nitrogen and oxygen atoms in total. The molecule has 0 unspecified atom stereocenters. The van der Waals surface area contributed by atoms with E-state index in [9.17, 15) is 4.79 Å². The molecule has 0 aliphatic rings. The maximum Gasteiger partial charge on any atom is 0.306 e. The SMILES string of the molecule is CCOC(=O)CCc1ccc(-c2cccnc2)o1. The molecule has 2 aromatic heterocycles. The Bertz CT molecular complexity index is 505. The molecule has 18 heavy (non-hydrogen) atoms. The van der Waals surface area contributed by atoms with Gasteiger partial charge in [-0.1, -0.05) is 0 Å². The van der Waals surface area contributed by atoms with Crippen molar-refractivity contribution in [1.29, 1.82) is 0 Å². The number of rotatable bonds is 5. The van der Waals surface area contributed by atoms with Crippen LogP contribution in [0.5, 0.6) is 0 Å². The number of hydrogen-bond donors (Lipinski definition) is 0. The second-order valence-corrected chi connectivity index (χ2v) is 3.81. The Morgan fingerprint density at radius 3 is 3.00 bits per heavy atom. The maximum atomic E-state index is 11.2. The molecule has 0 aliphatic carbocycles. The van der Waals surface area contributed by atoms with Crippen molar-refractivity contribution in [3.63, 3.8) is 0 Å². The highest BCUT2D eigenvalue weighted by Gasteiger charge is 2.07. The fourth-order valence-corrected chi connectivity index (χ4v) is 1.63. The van der Waals surface area contributed by atoms with E-state index in [1.165, 1.54) is 0 Å². The van der Waals surface area contributed by atoms with Crippen LogP contribution in [-0.2, 0) is 16.0 Å². The number of carbonyl (C=O) groups excluding carboxylic acids is 1. The molecule has 0 fully saturated rings. The zero-order chi connectivity index (χ0) is 12.8. The number of carbonyl (C=O) groups is 1. The maximum absolute atomic E-state index is 11.2. The largest absolute Gasteiger partial charge is 0.466 e. The summed E-state index contributed by atoms with van der Waals surface area (Å²) >= 11 is 0. The minimum Gasteiger partial charge on any atom is -0.466 e. The van der Waals surface area contributed by atoms with Crippen molar-refractivity contribution in [3.8, 4) is 11.3 Å². The number of aromatic nitrogens is 1. The molecular weight excluding hydrogens is 230 g/mol. The third kappa shape index (κ3) is 3.20. The summed E-state index contributed by atoms with van der Waals surface area (Å²) in [4.78, 5) is 15.3. The lowest BCUT2D eigenvalue weighted by atomic mass is 10.2. The van der Waals surface area contributed by atoms with Crippen LogP contribution in [0.15, 0.2) is 41.1 Å². The monoisotopic (exact) mass is 245 g/mol. The van der Waals surface area contributed by atoms with Gasteiger partial charge < -0.3 is 9.15 Å². The molecule has 94 valence electrons. The molecule has 2 rings (SSSR count). The summed E-state index contributed by atoms with van der Waals surface area (Å²) in [6.45, 7) is 2.21. The van der Waals surface area contributed by atoms with Crippen molar-refractivity contribution < 1.29 is 13.9 Å². The smallest absolute Gasteiger partial charge is 0.306 e. The van der Waals surface area contributed by atoms with E-state index < -0.39 is 0 Å². The van der Waals surface area contributed by atoms with E-state index in [2.05, 4.69) is 4.98 Å². The van der Waals surface area contributed by atoms with Crippen molar-refractivity contribution >= 4 is 5.97 Å². The van der Waals surface area contributed by atoms with Gasteiger partial charge in [0.25, 0.3) is 0 Å². The third-order valence-electron chi connectivity index (χ3n) is 2.49. The minimum atomic E-state index is -0.197. The number of hydrogen-bond acceptors (Lipinski definition) is 4. The first kappa shape index (κ1) is 12.4. The normalized spacial score (nSPS) is 10.3. The van der Waals surface area contributed by atoms with Crippen LogP contribution in [0.3, 0.4) is 0 Å². The van der Waals surface area contributed by atoms with E-state index in [4.69, 9.17) is 9.15 Å². The van der Waals surface area contributed by atoms with Gasteiger partial charge >= 0.3 is 5.97 Å². The highest BCUT2D eigenvalue weighted by molar-refractivity contribution is 5.69. The van der Waals surface area contributed by atoms with Gasteiger partial charge in [0.05, 0.1) is 13.0 Å². The van der Waals surface area contributed by atoms with Crippen LogP contribution in [0, 0.1) is 0 Å². The van der Waals surface area contributed by atoms with Gasteiger partial charge in [-0.25, -0.2) is 0 Å². The predicted molar refractivity (Wildman–Crippen MR) is 66.9 cm³/mol. The molecule has 0 bridgehead atoms. The molecule has 0 spiro atoms. The van der Waals surface area contributed by atoms with E-state index >= 15 is 0 Å². The summed E-state index contributed by atoms with van der Waals surface area (Å²) in [6, 6.07) is 7.55. The standard InChI is InChI=1S/C14H15NO3/c1-2-17-14(16)8-6-12-5-7-13(18-12)11-4-3-9-15-10-11/h3-5,7,9-10H,2,6,8H2,1H3. The van der Waals surface area contributed by atoms with Crippen LogP contribution in [0.4, 0.5) is 0 Å². The minimum absolute atomic E-state index is 0.197. The second-order valence-electron chi connectivity index (χ2n) is 3.81. The third-order valence-corrected chi connectivity index (χ3v) is 2.49. The van der Waals surface area contributed by atoms with Crippen LogP contribution in [0.1, 0.15) is 19.1 Å². The molecule has 0 N–H and O–H groups in total. The Hall–Kier alpha value is -2.10. The van der Waals surface area contributed by atoms with Crippen LogP contribution >= 0.6 is 0 Å². The van der Waals surface area contributed by atoms with Crippen molar-refractivity contribution in [2.75, 3.05) is 6.61 Å². The number of ether oxygens (including phenoxy) is 1. The fraction of sp³-hybridized carbons (Fsp3) is 0.286. The van der Waals surface area contributed by atoms with Crippen molar-refractivity contribution in [2.45, 2.75) is 19.8 Å². The van der Waals surface area contributed by atoms with E-state index in [1.54, 1.807) is 19.3 Å². The number of aryl methyl sites for hydroxylation is 1. The van der Waals surface area contributed by atoms with Crippen LogP contribution in [0.25, 0.3) is 11.3 Å². The molecular formula is C14H15NO3. The lowest BCUT2D eigenvalue weighted by Gasteiger charge is -1.99. The Morgan fingerprint density at radius 2 is 2.28 bits per heavy atom. The zero-order valence-electron chi connectivity index (χ0n) is 10.3. The first-order chi connectivity index (χ1) is 8.79. The van der Waals surface area contributed by atoms with Gasteiger partial charge in [0, 0.05) is 24.4 Å². The summed E-state index contributed by atoms with van der Waals surface area (Å²) in [5.41, 5.74) is 0.930. The number of pyridine rings is 1. The average molecular weight is 245 g/mol. The van der Waals surface area contributed by atoms with Gasteiger partial charge in [-0.2, -0.15) is 0 Å². The molecule has 4 heteroatoms. The van der Waals surface area contributed by atoms with Crippen LogP contribution < -0.4 is 0 Å². The first-order valence-electron chi connectivity index (χ1n) is 5.94. The predicted octanol–water partition coefficient (Wildman–Crippen LogP) is 2.84. The lowest BCUT2D eigenvalue weighted by molar-refractivity contribution is -0.143.